The molecule has 1 atom stereocenters. The van der Waals surface area contributed by atoms with Crippen molar-refractivity contribution in [3.8, 4) is 11.5 Å². The van der Waals surface area contributed by atoms with Crippen molar-refractivity contribution in [2.24, 2.45) is 0 Å². The first-order valence-corrected chi connectivity index (χ1v) is 7.24. The van der Waals surface area contributed by atoms with E-state index in [0.29, 0.717) is 10.9 Å². The fourth-order valence-corrected chi connectivity index (χ4v) is 2.48. The minimum absolute atomic E-state index is 0.103. The number of hydrogen-bond acceptors (Lipinski definition) is 6. The highest BCUT2D eigenvalue weighted by atomic mass is 32.1. The van der Waals surface area contributed by atoms with Crippen LogP contribution in [-0.4, -0.2) is 30.2 Å². The maximum atomic E-state index is 12.2. The molecular formula is C14H17N3O3S. The number of rotatable bonds is 5. The largest absolute Gasteiger partial charge is 0.507 e. The number of carbonyl (C=O) groups excluding carboxylic acids is 1. The molecule has 1 unspecified atom stereocenters. The highest BCUT2D eigenvalue weighted by Gasteiger charge is 2.15. The maximum Gasteiger partial charge on any atom is 0.261 e. The average Bonchev–Trinajstić information content (AvgIpc) is 2.95. The van der Waals surface area contributed by atoms with Gasteiger partial charge in [0.05, 0.1) is 18.4 Å². The minimum Gasteiger partial charge on any atom is -0.507 e. The quantitative estimate of drug-likeness (QED) is 0.790. The molecule has 0 bridgehead atoms. The van der Waals surface area contributed by atoms with E-state index in [0.717, 1.165) is 5.69 Å². The molecular weight excluding hydrogens is 290 g/mol. The van der Waals surface area contributed by atoms with Gasteiger partial charge in [0.1, 0.15) is 11.5 Å². The van der Waals surface area contributed by atoms with Crippen LogP contribution >= 0.6 is 11.3 Å². The summed E-state index contributed by atoms with van der Waals surface area (Å²) in [5.41, 5.74) is 1.00. The van der Waals surface area contributed by atoms with Crippen LogP contribution in [0.1, 0.15) is 29.0 Å². The number of amides is 1. The number of anilines is 1. The molecule has 7 heteroatoms. The third-order valence-corrected chi connectivity index (χ3v) is 3.84. The Kier molecular flexibility index (Phi) is 4.77. The summed E-state index contributed by atoms with van der Waals surface area (Å²) in [5.74, 6) is -0.0281. The highest BCUT2D eigenvalue weighted by molar-refractivity contribution is 7.14. The van der Waals surface area contributed by atoms with Gasteiger partial charge in [-0.05, 0) is 32.2 Å². The number of aromatic hydroxyl groups is 1. The van der Waals surface area contributed by atoms with Crippen LogP contribution in [0.3, 0.4) is 0 Å². The first kappa shape index (κ1) is 15.3. The third kappa shape index (κ3) is 3.50. The van der Waals surface area contributed by atoms with Gasteiger partial charge >= 0.3 is 0 Å². The van der Waals surface area contributed by atoms with Crippen molar-refractivity contribution in [3.05, 3.63) is 34.8 Å². The second kappa shape index (κ2) is 6.55. The van der Waals surface area contributed by atoms with Crippen LogP contribution in [0, 0.1) is 0 Å². The molecule has 0 radical (unpaired) electrons. The minimum atomic E-state index is -0.426. The zero-order chi connectivity index (χ0) is 15.4. The van der Waals surface area contributed by atoms with Crippen molar-refractivity contribution in [1.82, 2.24) is 10.3 Å². The van der Waals surface area contributed by atoms with Crippen molar-refractivity contribution in [3.63, 3.8) is 0 Å². The number of ether oxygens (including phenoxy) is 1. The van der Waals surface area contributed by atoms with Crippen LogP contribution in [0.25, 0.3) is 0 Å². The van der Waals surface area contributed by atoms with Crippen molar-refractivity contribution < 1.29 is 14.6 Å². The highest BCUT2D eigenvalue weighted by Crippen LogP contribution is 2.25. The fraction of sp³-hybridized carbons (Fsp3) is 0.286. The number of phenolic OH excluding ortho intramolecular Hbond substituents is 1. The molecule has 1 amide bonds. The molecule has 2 rings (SSSR count). The molecule has 2 aromatic rings. The average molecular weight is 307 g/mol. The van der Waals surface area contributed by atoms with E-state index < -0.39 is 5.91 Å². The van der Waals surface area contributed by atoms with Gasteiger partial charge < -0.3 is 15.2 Å². The zero-order valence-corrected chi connectivity index (χ0v) is 12.8. The van der Waals surface area contributed by atoms with E-state index in [9.17, 15) is 9.90 Å². The van der Waals surface area contributed by atoms with E-state index in [1.165, 1.54) is 30.6 Å². The molecule has 0 saturated heterocycles. The Morgan fingerprint density at radius 2 is 2.24 bits per heavy atom. The lowest BCUT2D eigenvalue weighted by Gasteiger charge is -2.07. The van der Waals surface area contributed by atoms with E-state index in [1.807, 2.05) is 19.4 Å². The van der Waals surface area contributed by atoms with Gasteiger partial charge in [0.15, 0.2) is 5.13 Å². The lowest BCUT2D eigenvalue weighted by Crippen LogP contribution is -2.14. The van der Waals surface area contributed by atoms with Crippen LogP contribution < -0.4 is 15.4 Å². The predicted octanol–water partition coefficient (Wildman–Crippen LogP) is 2.39. The molecule has 0 aliphatic carbocycles. The number of benzene rings is 1. The Labute approximate surface area is 126 Å². The second-order valence-corrected chi connectivity index (χ2v) is 5.28. The molecule has 0 aliphatic rings. The lowest BCUT2D eigenvalue weighted by atomic mass is 10.2. The summed E-state index contributed by atoms with van der Waals surface area (Å²) in [6, 6.07) is 4.60. The van der Waals surface area contributed by atoms with Crippen molar-refractivity contribution in [1.29, 1.82) is 0 Å². The monoisotopic (exact) mass is 307 g/mol. The van der Waals surface area contributed by atoms with E-state index in [1.54, 1.807) is 6.07 Å². The van der Waals surface area contributed by atoms with Gasteiger partial charge in [0, 0.05) is 11.4 Å². The predicted molar refractivity (Wildman–Crippen MR) is 82.2 cm³/mol. The molecule has 1 aromatic carbocycles. The number of nitrogens with one attached hydrogen (secondary N) is 2. The standard InChI is InChI=1S/C14H17N3O3S/c1-8(15-2)11-7-21-14(16-11)17-13(19)10-6-9(20-3)4-5-12(10)18/h4-8,15,18H,1-3H3,(H,16,17,19). The lowest BCUT2D eigenvalue weighted by molar-refractivity contribution is 0.102. The first-order valence-electron chi connectivity index (χ1n) is 6.36. The van der Waals surface area contributed by atoms with Crippen LogP contribution in [-0.2, 0) is 0 Å². The Balaban J connectivity index is 2.16. The summed E-state index contributed by atoms with van der Waals surface area (Å²) in [4.78, 5) is 16.5. The van der Waals surface area contributed by atoms with E-state index in [2.05, 4.69) is 15.6 Å². The molecule has 1 aromatic heterocycles. The van der Waals surface area contributed by atoms with E-state index in [4.69, 9.17) is 4.74 Å². The number of methoxy groups -OCH3 is 1. The van der Waals surface area contributed by atoms with Crippen molar-refractivity contribution in [2.75, 3.05) is 19.5 Å². The Morgan fingerprint density at radius 1 is 1.48 bits per heavy atom. The summed E-state index contributed by atoms with van der Waals surface area (Å²) < 4.78 is 5.05. The zero-order valence-electron chi connectivity index (χ0n) is 12.0. The van der Waals surface area contributed by atoms with Gasteiger partial charge in [-0.2, -0.15) is 0 Å². The summed E-state index contributed by atoms with van der Waals surface area (Å²) in [7, 11) is 3.34. The SMILES string of the molecule is CNC(C)c1csc(NC(=O)c2cc(OC)ccc2O)n1. The van der Waals surface area contributed by atoms with Gasteiger partial charge in [-0.25, -0.2) is 4.98 Å². The number of carbonyl (C=O) groups is 1. The van der Waals surface area contributed by atoms with Gasteiger partial charge in [-0.3, -0.25) is 10.1 Å². The molecule has 1 heterocycles. The Bertz CT molecular complexity index is 642. The molecule has 0 fully saturated rings. The molecule has 21 heavy (non-hydrogen) atoms. The Hall–Kier alpha value is -2.12. The van der Waals surface area contributed by atoms with Gasteiger partial charge in [0.25, 0.3) is 5.91 Å². The molecule has 3 N–H and O–H groups in total. The molecule has 0 saturated carbocycles. The third-order valence-electron chi connectivity index (χ3n) is 3.07. The molecule has 0 spiro atoms. The van der Waals surface area contributed by atoms with Gasteiger partial charge in [-0.15, -0.1) is 11.3 Å². The van der Waals surface area contributed by atoms with Gasteiger partial charge in [0.2, 0.25) is 0 Å². The van der Waals surface area contributed by atoms with Crippen molar-refractivity contribution in [2.45, 2.75) is 13.0 Å². The summed E-state index contributed by atoms with van der Waals surface area (Å²) in [6.45, 7) is 1.98. The normalized spacial score (nSPS) is 12.0. The summed E-state index contributed by atoms with van der Waals surface area (Å²) in [5, 5.41) is 17.9. The number of hydrogen-bond donors (Lipinski definition) is 3. The van der Waals surface area contributed by atoms with Crippen LogP contribution in [0.2, 0.25) is 0 Å². The maximum absolute atomic E-state index is 12.2. The van der Waals surface area contributed by atoms with Gasteiger partial charge in [-0.1, -0.05) is 0 Å². The van der Waals surface area contributed by atoms with Crippen molar-refractivity contribution >= 4 is 22.4 Å². The summed E-state index contributed by atoms with van der Waals surface area (Å²) >= 11 is 1.34. The Morgan fingerprint density at radius 3 is 2.90 bits per heavy atom. The topological polar surface area (TPSA) is 83.5 Å². The second-order valence-electron chi connectivity index (χ2n) is 4.43. The number of thiazole rings is 1. The van der Waals surface area contributed by atoms with E-state index in [-0.39, 0.29) is 17.4 Å². The van der Waals surface area contributed by atoms with E-state index >= 15 is 0 Å². The fourth-order valence-electron chi connectivity index (χ4n) is 1.68. The number of phenols is 1. The molecule has 0 aliphatic heterocycles. The van der Waals surface area contributed by atoms with Crippen LogP contribution in [0.5, 0.6) is 11.5 Å². The smallest absolute Gasteiger partial charge is 0.261 e. The number of nitrogens with zero attached hydrogens (tertiary/aromatic N) is 1. The summed E-state index contributed by atoms with van der Waals surface area (Å²) in [6.07, 6.45) is 0. The van der Waals surface area contributed by atoms with Crippen LogP contribution in [0.15, 0.2) is 23.6 Å². The first-order chi connectivity index (χ1) is 10.0. The molecule has 112 valence electrons. The molecule has 6 nitrogen and oxygen atoms in total. The van der Waals surface area contributed by atoms with Crippen LogP contribution in [0.4, 0.5) is 5.13 Å². The number of aromatic nitrogens is 1.